The molecule has 1 aliphatic heterocycles. The van der Waals surface area contributed by atoms with Gasteiger partial charge in [0.2, 0.25) is 0 Å². The van der Waals surface area contributed by atoms with E-state index in [0.29, 0.717) is 0 Å². The fourth-order valence-corrected chi connectivity index (χ4v) is 2.87. The number of ether oxygens (including phenoxy) is 1. The van der Waals surface area contributed by atoms with Gasteiger partial charge in [-0.15, -0.1) is 0 Å². The van der Waals surface area contributed by atoms with Crippen molar-refractivity contribution in [3.63, 3.8) is 0 Å². The van der Waals surface area contributed by atoms with Crippen molar-refractivity contribution < 1.29 is 9.53 Å². The largest absolute Gasteiger partial charge is 0.483 e. The van der Waals surface area contributed by atoms with Gasteiger partial charge < -0.3 is 9.64 Å². The Labute approximate surface area is 125 Å². The van der Waals surface area contributed by atoms with Crippen molar-refractivity contribution in [3.05, 3.63) is 59.7 Å². The summed E-state index contributed by atoms with van der Waals surface area (Å²) >= 11 is 0. The average Bonchev–Trinajstić information content (AvgIpc) is 2.82. The molecule has 1 heterocycles. The minimum Gasteiger partial charge on any atom is -0.483 e. The van der Waals surface area contributed by atoms with Crippen molar-refractivity contribution in [3.8, 4) is 5.75 Å². The Bertz CT molecular complexity index is 666. The molecule has 0 N–H and O–H groups in total. The Morgan fingerprint density at radius 1 is 1.19 bits per heavy atom. The lowest BCUT2D eigenvalue weighted by Gasteiger charge is -2.23. The first-order chi connectivity index (χ1) is 10.2. The molecule has 3 rings (SSSR count). The number of carbonyl (C=O) groups excluding carboxylic acids is 1. The van der Waals surface area contributed by atoms with E-state index in [4.69, 9.17) is 4.74 Å². The molecule has 0 saturated carbocycles. The Hall–Kier alpha value is -2.29. The lowest BCUT2D eigenvalue weighted by Crippen LogP contribution is -2.39. The predicted octanol–water partition coefficient (Wildman–Crippen LogP) is 3.35. The molecule has 1 aliphatic rings. The number of hydrogen-bond donors (Lipinski definition) is 0. The maximum atomic E-state index is 12.5. The van der Waals surface area contributed by atoms with Crippen LogP contribution in [0.25, 0.3) is 0 Å². The third-order valence-corrected chi connectivity index (χ3v) is 3.92. The number of aryl methyl sites for hydroxylation is 1. The Morgan fingerprint density at radius 2 is 1.90 bits per heavy atom. The number of fused-ring (bicyclic) bond motifs is 1. The van der Waals surface area contributed by atoms with Gasteiger partial charge in [-0.3, -0.25) is 4.79 Å². The van der Waals surface area contributed by atoms with Gasteiger partial charge in [0.25, 0.3) is 5.91 Å². The molecule has 0 saturated heterocycles. The summed E-state index contributed by atoms with van der Waals surface area (Å²) in [7, 11) is 0. The molecule has 2 aromatic rings. The number of carbonyl (C=O) groups is 1. The van der Waals surface area contributed by atoms with Gasteiger partial charge in [0.1, 0.15) is 5.75 Å². The van der Waals surface area contributed by atoms with Crippen LogP contribution < -0.4 is 9.64 Å². The minimum absolute atomic E-state index is 0.00991. The van der Waals surface area contributed by atoms with Crippen LogP contribution in [0.4, 0.5) is 5.69 Å². The fourth-order valence-electron chi connectivity index (χ4n) is 2.87. The molecule has 2 aromatic carbocycles. The predicted molar refractivity (Wildman–Crippen MR) is 83.8 cm³/mol. The molecular formula is C18H19NO2. The van der Waals surface area contributed by atoms with Crippen LogP contribution in [-0.2, 0) is 11.2 Å². The molecule has 0 aliphatic carbocycles. The molecule has 0 bridgehead atoms. The van der Waals surface area contributed by atoms with Crippen LogP contribution in [0.15, 0.2) is 48.5 Å². The number of hydrogen-bond acceptors (Lipinski definition) is 2. The summed E-state index contributed by atoms with van der Waals surface area (Å²) in [5.41, 5.74) is 3.29. The number of para-hydroxylation sites is 2. The first-order valence-corrected chi connectivity index (χ1v) is 7.25. The average molecular weight is 281 g/mol. The van der Waals surface area contributed by atoms with Gasteiger partial charge in [0, 0.05) is 11.7 Å². The van der Waals surface area contributed by atoms with E-state index in [1.807, 2.05) is 54.3 Å². The van der Waals surface area contributed by atoms with Crippen LogP contribution in [0.1, 0.15) is 18.1 Å². The second kappa shape index (κ2) is 5.60. The van der Waals surface area contributed by atoms with Crippen LogP contribution in [-0.4, -0.2) is 18.6 Å². The third kappa shape index (κ3) is 2.64. The first kappa shape index (κ1) is 13.7. The third-order valence-electron chi connectivity index (χ3n) is 3.92. The summed E-state index contributed by atoms with van der Waals surface area (Å²) in [6.07, 6.45) is 0.909. The van der Waals surface area contributed by atoms with Crippen molar-refractivity contribution in [1.29, 1.82) is 0 Å². The SMILES string of the molecule is Cc1ccccc1OCC(=O)N1c2ccccc2CC1C. The van der Waals surface area contributed by atoms with Gasteiger partial charge in [-0.25, -0.2) is 0 Å². The van der Waals surface area contributed by atoms with E-state index in [9.17, 15) is 4.79 Å². The van der Waals surface area contributed by atoms with E-state index < -0.39 is 0 Å². The van der Waals surface area contributed by atoms with Gasteiger partial charge in [-0.1, -0.05) is 36.4 Å². The number of amides is 1. The second-order valence-electron chi connectivity index (χ2n) is 5.50. The molecule has 108 valence electrons. The number of benzene rings is 2. The summed E-state index contributed by atoms with van der Waals surface area (Å²) in [5, 5.41) is 0. The minimum atomic E-state index is 0.00991. The molecule has 0 fully saturated rings. The van der Waals surface area contributed by atoms with Gasteiger partial charge in [0.15, 0.2) is 6.61 Å². The Kier molecular flexibility index (Phi) is 3.65. The van der Waals surface area contributed by atoms with E-state index in [1.54, 1.807) is 0 Å². The van der Waals surface area contributed by atoms with Crippen LogP contribution in [0.2, 0.25) is 0 Å². The van der Waals surface area contributed by atoms with Crippen molar-refractivity contribution in [2.75, 3.05) is 11.5 Å². The molecule has 1 unspecified atom stereocenters. The summed E-state index contributed by atoms with van der Waals surface area (Å²) in [4.78, 5) is 14.4. The van der Waals surface area contributed by atoms with Gasteiger partial charge in [-0.2, -0.15) is 0 Å². The Balaban J connectivity index is 1.73. The standard InChI is InChI=1S/C18H19NO2/c1-13-7-3-6-10-17(13)21-12-18(20)19-14(2)11-15-8-4-5-9-16(15)19/h3-10,14H,11-12H2,1-2H3. The number of nitrogens with zero attached hydrogens (tertiary/aromatic N) is 1. The molecule has 3 heteroatoms. The smallest absolute Gasteiger partial charge is 0.265 e. The summed E-state index contributed by atoms with van der Waals surface area (Å²) in [5.74, 6) is 0.779. The van der Waals surface area contributed by atoms with Crippen LogP contribution in [0.3, 0.4) is 0 Å². The van der Waals surface area contributed by atoms with Crippen molar-refractivity contribution in [2.45, 2.75) is 26.3 Å². The molecule has 21 heavy (non-hydrogen) atoms. The summed E-state index contributed by atoms with van der Waals surface area (Å²) < 4.78 is 5.68. The molecule has 3 nitrogen and oxygen atoms in total. The maximum Gasteiger partial charge on any atom is 0.265 e. The normalized spacial score (nSPS) is 16.7. The van der Waals surface area contributed by atoms with Crippen molar-refractivity contribution in [1.82, 2.24) is 0 Å². The van der Waals surface area contributed by atoms with E-state index in [2.05, 4.69) is 13.0 Å². The van der Waals surface area contributed by atoms with E-state index in [1.165, 1.54) is 5.56 Å². The van der Waals surface area contributed by atoms with E-state index in [0.717, 1.165) is 23.4 Å². The van der Waals surface area contributed by atoms with Crippen LogP contribution >= 0.6 is 0 Å². The zero-order valence-corrected chi connectivity index (χ0v) is 12.4. The monoisotopic (exact) mass is 281 g/mol. The van der Waals surface area contributed by atoms with E-state index >= 15 is 0 Å². The summed E-state index contributed by atoms with van der Waals surface area (Å²) in [6.45, 7) is 4.13. The quantitative estimate of drug-likeness (QED) is 0.863. The topological polar surface area (TPSA) is 29.5 Å². The highest BCUT2D eigenvalue weighted by Gasteiger charge is 2.30. The van der Waals surface area contributed by atoms with Crippen LogP contribution in [0, 0.1) is 6.92 Å². The van der Waals surface area contributed by atoms with Gasteiger partial charge >= 0.3 is 0 Å². The number of anilines is 1. The van der Waals surface area contributed by atoms with Crippen molar-refractivity contribution >= 4 is 11.6 Å². The zero-order chi connectivity index (χ0) is 14.8. The first-order valence-electron chi connectivity index (χ1n) is 7.25. The lowest BCUT2D eigenvalue weighted by atomic mass is 10.1. The molecule has 0 radical (unpaired) electrons. The molecular weight excluding hydrogens is 262 g/mol. The summed E-state index contributed by atoms with van der Waals surface area (Å²) in [6, 6.07) is 16.0. The van der Waals surface area contributed by atoms with Gasteiger partial charge in [-0.05, 0) is 43.5 Å². The Morgan fingerprint density at radius 3 is 2.71 bits per heavy atom. The highest BCUT2D eigenvalue weighted by atomic mass is 16.5. The highest BCUT2D eigenvalue weighted by Crippen LogP contribution is 2.31. The van der Waals surface area contributed by atoms with E-state index in [-0.39, 0.29) is 18.6 Å². The molecule has 1 amide bonds. The van der Waals surface area contributed by atoms with Gasteiger partial charge in [0.05, 0.1) is 0 Å². The highest BCUT2D eigenvalue weighted by molar-refractivity contribution is 5.97. The molecule has 0 aromatic heterocycles. The zero-order valence-electron chi connectivity index (χ0n) is 12.4. The lowest BCUT2D eigenvalue weighted by molar-refractivity contribution is -0.120. The number of rotatable bonds is 3. The fraction of sp³-hybridized carbons (Fsp3) is 0.278. The molecule has 0 spiro atoms. The van der Waals surface area contributed by atoms with Crippen LogP contribution in [0.5, 0.6) is 5.75 Å². The van der Waals surface area contributed by atoms with Crippen molar-refractivity contribution in [2.24, 2.45) is 0 Å². The second-order valence-corrected chi connectivity index (χ2v) is 5.50. The maximum absolute atomic E-state index is 12.5. The molecule has 1 atom stereocenters.